The van der Waals surface area contributed by atoms with Crippen molar-refractivity contribution >= 4 is 21.5 Å². The van der Waals surface area contributed by atoms with E-state index in [1.807, 2.05) is 12.1 Å². The lowest BCUT2D eigenvalue weighted by atomic mass is 9.98. The average Bonchev–Trinajstić information content (AvgIpc) is 2.55. The second-order valence-electron chi connectivity index (χ2n) is 4.65. The summed E-state index contributed by atoms with van der Waals surface area (Å²) in [5.41, 5.74) is 1.04. The molecule has 0 saturated carbocycles. The van der Waals surface area contributed by atoms with Gasteiger partial charge in [0.25, 0.3) is 0 Å². The fraction of sp³-hybridized carbons (Fsp3) is 0. The Labute approximate surface area is 116 Å². The van der Waals surface area contributed by atoms with Crippen molar-refractivity contribution in [3.05, 3.63) is 67.3 Å². The summed E-state index contributed by atoms with van der Waals surface area (Å²) >= 11 is 0. The lowest BCUT2D eigenvalue weighted by molar-refractivity contribution is 1.06. The number of rotatable bonds is 1. The van der Waals surface area contributed by atoms with E-state index in [1.165, 1.54) is 28.8 Å². The van der Waals surface area contributed by atoms with Gasteiger partial charge in [0.2, 0.25) is 0 Å². The minimum absolute atomic E-state index is 0.709. The molecule has 3 nitrogen and oxygen atoms in total. The lowest BCUT2D eigenvalue weighted by Gasteiger charge is -2.07. The van der Waals surface area contributed by atoms with E-state index in [4.69, 9.17) is 0 Å². The first-order valence-electron chi connectivity index (χ1n) is 6.46. The minimum atomic E-state index is 0.709. The Balaban J connectivity index is 2.12. The monoisotopic (exact) mass is 257 g/mol. The molecule has 1 heterocycles. The van der Waals surface area contributed by atoms with Crippen LogP contribution in [0.4, 0.5) is 0 Å². The molecule has 0 N–H and O–H groups in total. The van der Waals surface area contributed by atoms with Gasteiger partial charge in [-0.3, -0.25) is 0 Å². The van der Waals surface area contributed by atoms with Crippen molar-refractivity contribution < 1.29 is 0 Å². The molecule has 0 aliphatic rings. The van der Waals surface area contributed by atoms with E-state index in [9.17, 15) is 0 Å². The van der Waals surface area contributed by atoms with Gasteiger partial charge in [0.05, 0.1) is 0 Å². The highest BCUT2D eigenvalue weighted by atomic mass is 15.0. The number of fused-ring (bicyclic) bond motifs is 3. The molecule has 0 fully saturated rings. The zero-order valence-electron chi connectivity index (χ0n) is 10.7. The van der Waals surface area contributed by atoms with Crippen LogP contribution in [-0.4, -0.2) is 15.0 Å². The molecule has 0 saturated heterocycles. The third-order valence-electron chi connectivity index (χ3n) is 3.52. The first kappa shape index (κ1) is 11.1. The fourth-order valence-corrected chi connectivity index (χ4v) is 2.61. The second-order valence-corrected chi connectivity index (χ2v) is 4.65. The highest BCUT2D eigenvalue weighted by Gasteiger charge is 2.07. The van der Waals surface area contributed by atoms with Gasteiger partial charge in [-0.2, -0.15) is 0 Å². The summed E-state index contributed by atoms with van der Waals surface area (Å²) in [6.07, 6.45) is 3.06. The van der Waals surface area contributed by atoms with E-state index in [0.29, 0.717) is 5.82 Å². The summed E-state index contributed by atoms with van der Waals surface area (Å²) in [5, 5.41) is 4.88. The summed E-state index contributed by atoms with van der Waals surface area (Å²) in [5.74, 6) is 0.709. The number of benzene rings is 3. The van der Waals surface area contributed by atoms with Crippen LogP contribution in [0, 0.1) is 0 Å². The summed E-state index contributed by atoms with van der Waals surface area (Å²) in [7, 11) is 0. The van der Waals surface area contributed by atoms with Gasteiger partial charge in [0, 0.05) is 5.56 Å². The molecule has 4 aromatic rings. The largest absolute Gasteiger partial charge is 0.225 e. The third kappa shape index (κ3) is 1.64. The lowest BCUT2D eigenvalue weighted by Crippen LogP contribution is -1.90. The Kier molecular flexibility index (Phi) is 2.42. The highest BCUT2D eigenvalue weighted by molar-refractivity contribution is 6.11. The van der Waals surface area contributed by atoms with Gasteiger partial charge in [0.1, 0.15) is 12.7 Å². The Morgan fingerprint density at radius 3 is 2.30 bits per heavy atom. The first-order valence-corrected chi connectivity index (χ1v) is 6.46. The molecule has 0 spiro atoms. The van der Waals surface area contributed by atoms with Crippen LogP contribution in [0.2, 0.25) is 0 Å². The standard InChI is InChI=1S/C17H11N3/c1-2-5-13-12(4-1)8-9-15-14(13)6-3-7-16(15)17-19-10-18-11-20-17/h1-11H. The van der Waals surface area contributed by atoms with Crippen LogP contribution in [0.3, 0.4) is 0 Å². The van der Waals surface area contributed by atoms with Crippen LogP contribution in [0.15, 0.2) is 67.3 Å². The van der Waals surface area contributed by atoms with Crippen molar-refractivity contribution in [3.63, 3.8) is 0 Å². The van der Waals surface area contributed by atoms with Crippen molar-refractivity contribution in [2.45, 2.75) is 0 Å². The Bertz CT molecular complexity index is 901. The van der Waals surface area contributed by atoms with Crippen LogP contribution < -0.4 is 0 Å². The zero-order valence-corrected chi connectivity index (χ0v) is 10.7. The normalized spacial score (nSPS) is 11.0. The Hall–Kier alpha value is -2.81. The smallest absolute Gasteiger partial charge is 0.163 e. The number of nitrogens with zero attached hydrogens (tertiary/aromatic N) is 3. The van der Waals surface area contributed by atoms with Gasteiger partial charge in [-0.1, -0.05) is 54.6 Å². The van der Waals surface area contributed by atoms with Crippen molar-refractivity contribution in [1.82, 2.24) is 15.0 Å². The van der Waals surface area contributed by atoms with Crippen LogP contribution >= 0.6 is 0 Å². The molecule has 20 heavy (non-hydrogen) atoms. The molecular weight excluding hydrogens is 246 g/mol. The molecule has 3 aromatic carbocycles. The first-order chi connectivity index (χ1) is 9.93. The maximum Gasteiger partial charge on any atom is 0.163 e. The predicted molar refractivity (Wildman–Crippen MR) is 80.3 cm³/mol. The van der Waals surface area contributed by atoms with Gasteiger partial charge < -0.3 is 0 Å². The van der Waals surface area contributed by atoms with Crippen molar-refractivity contribution in [2.75, 3.05) is 0 Å². The van der Waals surface area contributed by atoms with Gasteiger partial charge in [-0.25, -0.2) is 15.0 Å². The number of hydrogen-bond acceptors (Lipinski definition) is 3. The second kappa shape index (κ2) is 4.38. The van der Waals surface area contributed by atoms with Gasteiger partial charge in [-0.05, 0) is 21.5 Å². The summed E-state index contributed by atoms with van der Waals surface area (Å²) < 4.78 is 0. The zero-order chi connectivity index (χ0) is 13.4. The Morgan fingerprint density at radius 1 is 0.600 bits per heavy atom. The van der Waals surface area contributed by atoms with Crippen molar-refractivity contribution in [3.8, 4) is 11.4 Å². The van der Waals surface area contributed by atoms with Crippen LogP contribution in [0.5, 0.6) is 0 Å². The van der Waals surface area contributed by atoms with Crippen LogP contribution in [0.25, 0.3) is 32.9 Å². The predicted octanol–water partition coefficient (Wildman–Crippen LogP) is 3.85. The molecule has 0 radical (unpaired) electrons. The van der Waals surface area contributed by atoms with Gasteiger partial charge >= 0.3 is 0 Å². The molecule has 94 valence electrons. The SMILES string of the molecule is c1ccc2c(c1)ccc1c(-c3ncncn3)cccc12. The molecule has 0 aliphatic heterocycles. The molecule has 0 amide bonds. The van der Waals surface area contributed by atoms with Crippen molar-refractivity contribution in [1.29, 1.82) is 0 Å². The summed E-state index contributed by atoms with van der Waals surface area (Å²) in [6.45, 7) is 0. The summed E-state index contributed by atoms with van der Waals surface area (Å²) in [6, 6.07) is 18.9. The van der Waals surface area contributed by atoms with E-state index >= 15 is 0 Å². The van der Waals surface area contributed by atoms with Crippen molar-refractivity contribution in [2.24, 2.45) is 0 Å². The minimum Gasteiger partial charge on any atom is -0.225 e. The van der Waals surface area contributed by atoms with Gasteiger partial charge in [-0.15, -0.1) is 0 Å². The highest BCUT2D eigenvalue weighted by Crippen LogP contribution is 2.31. The average molecular weight is 257 g/mol. The maximum atomic E-state index is 4.26. The van der Waals surface area contributed by atoms with E-state index in [1.54, 1.807) is 0 Å². The summed E-state index contributed by atoms with van der Waals surface area (Å²) in [4.78, 5) is 12.4. The van der Waals surface area contributed by atoms with Gasteiger partial charge in [0.15, 0.2) is 5.82 Å². The van der Waals surface area contributed by atoms with E-state index in [0.717, 1.165) is 10.9 Å². The number of hydrogen-bond donors (Lipinski definition) is 0. The number of aromatic nitrogens is 3. The maximum absolute atomic E-state index is 4.26. The van der Waals surface area contributed by atoms with Crippen LogP contribution in [0.1, 0.15) is 0 Å². The van der Waals surface area contributed by atoms with E-state index < -0.39 is 0 Å². The van der Waals surface area contributed by atoms with Crippen LogP contribution in [-0.2, 0) is 0 Å². The molecule has 3 heteroatoms. The van der Waals surface area contributed by atoms with E-state index in [-0.39, 0.29) is 0 Å². The molecule has 0 unspecified atom stereocenters. The molecule has 0 bridgehead atoms. The fourth-order valence-electron chi connectivity index (χ4n) is 2.61. The Morgan fingerprint density at radius 2 is 1.40 bits per heavy atom. The van der Waals surface area contributed by atoms with E-state index in [2.05, 4.69) is 57.4 Å². The quantitative estimate of drug-likeness (QED) is 0.486. The molecule has 0 atom stereocenters. The topological polar surface area (TPSA) is 38.7 Å². The molecule has 4 rings (SSSR count). The molecular formula is C17H11N3. The third-order valence-corrected chi connectivity index (χ3v) is 3.52. The molecule has 0 aliphatic carbocycles. The molecule has 1 aromatic heterocycles.